The van der Waals surface area contributed by atoms with Crippen LogP contribution in [-0.2, 0) is 0 Å². The third-order valence-electron chi connectivity index (χ3n) is 2.31. The first-order chi connectivity index (χ1) is 8.29. The Labute approximate surface area is 119 Å². The summed E-state index contributed by atoms with van der Waals surface area (Å²) in [7, 11) is 0. The second kappa shape index (κ2) is 6.83. The molecule has 0 unspecified atom stereocenters. The minimum absolute atomic E-state index is 0.111. The zero-order valence-corrected chi connectivity index (χ0v) is 13.4. The molecule has 2 nitrogen and oxygen atoms in total. The Bertz CT molecular complexity index is 349. The van der Waals surface area contributed by atoms with Crippen molar-refractivity contribution in [1.82, 2.24) is 4.98 Å². The van der Waals surface area contributed by atoms with Crippen LogP contribution >= 0.6 is 23.5 Å². The number of pyridine rings is 1. The van der Waals surface area contributed by atoms with Crippen molar-refractivity contribution in [3.8, 4) is 0 Å². The minimum atomic E-state index is -0.332. The molecule has 102 valence electrons. The molecular weight excluding hydrogens is 262 g/mol. The number of aliphatic hydroxyl groups is 1. The summed E-state index contributed by atoms with van der Waals surface area (Å²) in [5.74, 6) is 0.251. The molecule has 1 heterocycles. The van der Waals surface area contributed by atoms with Gasteiger partial charge < -0.3 is 5.11 Å². The number of aliphatic hydroxyl groups excluding tert-OH is 1. The predicted molar refractivity (Wildman–Crippen MR) is 82.1 cm³/mol. The standard InChI is InChI=1S/C14H23NOS2/c1-10(2)12(16)13(18-14(3,4)5)17-11-8-6-7-9-15-11/h6-10,12-13,16H,1-5H3/t12-,13-/m1/s1. The number of hydrogen-bond donors (Lipinski definition) is 1. The first kappa shape index (κ1) is 15.9. The largest absolute Gasteiger partial charge is 0.391 e. The average molecular weight is 285 g/mol. The van der Waals surface area contributed by atoms with Gasteiger partial charge in [-0.1, -0.05) is 52.4 Å². The van der Waals surface area contributed by atoms with Crippen LogP contribution in [0.15, 0.2) is 29.4 Å². The van der Waals surface area contributed by atoms with Crippen molar-refractivity contribution in [2.24, 2.45) is 5.92 Å². The zero-order valence-electron chi connectivity index (χ0n) is 11.8. The van der Waals surface area contributed by atoms with E-state index in [9.17, 15) is 5.11 Å². The van der Waals surface area contributed by atoms with Crippen molar-refractivity contribution in [2.75, 3.05) is 0 Å². The predicted octanol–water partition coefficient (Wildman–Crippen LogP) is 4.05. The van der Waals surface area contributed by atoms with E-state index in [0.29, 0.717) is 0 Å². The SMILES string of the molecule is CC(C)[C@@H](O)[C@H](Sc1ccccn1)SC(C)(C)C. The van der Waals surface area contributed by atoms with Crippen LogP contribution < -0.4 is 0 Å². The van der Waals surface area contributed by atoms with Crippen molar-refractivity contribution in [3.63, 3.8) is 0 Å². The summed E-state index contributed by atoms with van der Waals surface area (Å²) in [4.78, 5) is 4.33. The van der Waals surface area contributed by atoms with E-state index in [-0.39, 0.29) is 21.4 Å². The Morgan fingerprint density at radius 3 is 2.33 bits per heavy atom. The number of thioether (sulfide) groups is 2. The Hall–Kier alpha value is -0.190. The third kappa shape index (κ3) is 5.63. The highest BCUT2D eigenvalue weighted by Gasteiger charge is 2.28. The van der Waals surface area contributed by atoms with Crippen LogP contribution in [0.1, 0.15) is 34.6 Å². The van der Waals surface area contributed by atoms with Crippen LogP contribution in [0.4, 0.5) is 0 Å². The monoisotopic (exact) mass is 285 g/mol. The van der Waals surface area contributed by atoms with E-state index in [4.69, 9.17) is 0 Å². The maximum absolute atomic E-state index is 10.3. The molecule has 0 aromatic carbocycles. The molecule has 2 atom stereocenters. The van der Waals surface area contributed by atoms with Gasteiger partial charge in [-0.25, -0.2) is 4.98 Å². The lowest BCUT2D eigenvalue weighted by atomic mass is 10.1. The van der Waals surface area contributed by atoms with Crippen LogP contribution in [0.2, 0.25) is 0 Å². The first-order valence-corrected chi connectivity index (χ1v) is 7.99. The van der Waals surface area contributed by atoms with Gasteiger partial charge >= 0.3 is 0 Å². The maximum atomic E-state index is 10.3. The summed E-state index contributed by atoms with van der Waals surface area (Å²) >= 11 is 3.46. The molecule has 0 radical (unpaired) electrons. The molecule has 0 bridgehead atoms. The van der Waals surface area contributed by atoms with Gasteiger partial charge in [0.15, 0.2) is 0 Å². The van der Waals surface area contributed by atoms with Crippen LogP contribution in [0.5, 0.6) is 0 Å². The van der Waals surface area contributed by atoms with Gasteiger partial charge in [-0.3, -0.25) is 0 Å². The molecule has 0 aliphatic rings. The smallest absolute Gasteiger partial charge is 0.0971 e. The van der Waals surface area contributed by atoms with Gasteiger partial charge in [-0.2, -0.15) is 0 Å². The van der Waals surface area contributed by atoms with E-state index in [1.165, 1.54) is 0 Å². The fourth-order valence-electron chi connectivity index (χ4n) is 1.36. The average Bonchev–Trinajstić information content (AvgIpc) is 2.26. The van der Waals surface area contributed by atoms with Gasteiger partial charge in [-0.05, 0) is 18.1 Å². The number of aromatic nitrogens is 1. The van der Waals surface area contributed by atoms with Gasteiger partial charge in [0.25, 0.3) is 0 Å². The van der Waals surface area contributed by atoms with E-state index < -0.39 is 0 Å². The molecule has 0 fully saturated rings. The summed E-state index contributed by atoms with van der Waals surface area (Å²) in [5.41, 5.74) is 0. The zero-order chi connectivity index (χ0) is 13.8. The number of nitrogens with zero attached hydrogens (tertiary/aromatic N) is 1. The molecule has 0 aliphatic heterocycles. The van der Waals surface area contributed by atoms with Gasteiger partial charge in [0.1, 0.15) is 0 Å². The van der Waals surface area contributed by atoms with Gasteiger partial charge in [0, 0.05) is 10.9 Å². The van der Waals surface area contributed by atoms with Gasteiger partial charge in [0.2, 0.25) is 0 Å². The lowest BCUT2D eigenvalue weighted by Gasteiger charge is -2.30. The van der Waals surface area contributed by atoms with Crippen molar-refractivity contribution in [2.45, 2.75) is 55.1 Å². The molecule has 0 spiro atoms. The quantitative estimate of drug-likeness (QED) is 0.653. The summed E-state index contributed by atoms with van der Waals surface area (Å²) in [6, 6.07) is 5.89. The van der Waals surface area contributed by atoms with Crippen molar-refractivity contribution in [3.05, 3.63) is 24.4 Å². The van der Waals surface area contributed by atoms with Crippen molar-refractivity contribution < 1.29 is 5.11 Å². The normalized spacial score (nSPS) is 15.7. The fraction of sp³-hybridized carbons (Fsp3) is 0.643. The first-order valence-electron chi connectivity index (χ1n) is 6.23. The van der Waals surface area contributed by atoms with E-state index in [0.717, 1.165) is 5.03 Å². The second-order valence-corrected chi connectivity index (χ2v) is 9.05. The molecule has 0 aliphatic carbocycles. The van der Waals surface area contributed by atoms with E-state index in [1.54, 1.807) is 29.7 Å². The third-order valence-corrected chi connectivity index (χ3v) is 5.10. The van der Waals surface area contributed by atoms with Gasteiger partial charge in [0.05, 0.1) is 15.7 Å². The minimum Gasteiger partial charge on any atom is -0.391 e. The summed E-state index contributed by atoms with van der Waals surface area (Å²) in [5, 5.41) is 11.3. The van der Waals surface area contributed by atoms with Crippen molar-refractivity contribution >= 4 is 23.5 Å². The lowest BCUT2D eigenvalue weighted by molar-refractivity contribution is 0.141. The molecular formula is C14H23NOS2. The second-order valence-electron chi connectivity index (χ2n) is 5.62. The molecule has 1 N–H and O–H groups in total. The molecule has 4 heteroatoms. The highest BCUT2D eigenvalue weighted by molar-refractivity contribution is 8.17. The van der Waals surface area contributed by atoms with E-state index >= 15 is 0 Å². The Kier molecular flexibility index (Phi) is 6.02. The topological polar surface area (TPSA) is 33.1 Å². The molecule has 1 rings (SSSR count). The van der Waals surface area contributed by atoms with Crippen LogP contribution in [0.3, 0.4) is 0 Å². The van der Waals surface area contributed by atoms with E-state index in [2.05, 4.69) is 39.6 Å². The fourth-order valence-corrected chi connectivity index (χ4v) is 4.84. The van der Waals surface area contributed by atoms with Crippen LogP contribution in [0, 0.1) is 5.92 Å². The van der Waals surface area contributed by atoms with Gasteiger partial charge in [-0.15, -0.1) is 11.8 Å². The molecule has 18 heavy (non-hydrogen) atoms. The highest BCUT2D eigenvalue weighted by Crippen LogP contribution is 2.40. The molecule has 0 saturated heterocycles. The highest BCUT2D eigenvalue weighted by atomic mass is 32.2. The van der Waals surface area contributed by atoms with E-state index in [1.807, 2.05) is 18.2 Å². The summed E-state index contributed by atoms with van der Waals surface area (Å²) in [6.07, 6.45) is 1.46. The number of rotatable bonds is 5. The molecule has 0 saturated carbocycles. The maximum Gasteiger partial charge on any atom is 0.0971 e. The Morgan fingerprint density at radius 2 is 1.89 bits per heavy atom. The van der Waals surface area contributed by atoms with Crippen LogP contribution in [-0.4, -0.2) is 25.5 Å². The summed E-state index contributed by atoms with van der Waals surface area (Å²) < 4.78 is 0.238. The molecule has 1 aromatic heterocycles. The van der Waals surface area contributed by atoms with Crippen molar-refractivity contribution in [1.29, 1.82) is 0 Å². The number of hydrogen-bond acceptors (Lipinski definition) is 4. The lowest BCUT2D eigenvalue weighted by Crippen LogP contribution is -2.29. The summed E-state index contributed by atoms with van der Waals surface area (Å²) in [6.45, 7) is 10.6. The molecule has 1 aromatic rings. The Morgan fingerprint density at radius 1 is 1.22 bits per heavy atom. The van der Waals surface area contributed by atoms with Crippen LogP contribution in [0.25, 0.3) is 0 Å². The Balaban J connectivity index is 2.78. The molecule has 0 amide bonds.